The van der Waals surface area contributed by atoms with Crippen molar-refractivity contribution < 1.29 is 35.3 Å². The van der Waals surface area contributed by atoms with Gasteiger partial charge in [-0.05, 0) is 18.3 Å². The molecule has 1 rings (SSSR count). The van der Waals surface area contributed by atoms with Crippen LogP contribution in [-0.4, -0.2) is 39.3 Å². The maximum Gasteiger partial charge on any atom is 0.523 e. The van der Waals surface area contributed by atoms with Gasteiger partial charge in [0.1, 0.15) is 6.10 Å². The van der Waals surface area contributed by atoms with Crippen LogP contribution in [0.15, 0.2) is 0 Å². The van der Waals surface area contributed by atoms with Crippen LogP contribution in [0.5, 0.6) is 0 Å². The number of halogens is 3. The summed E-state index contributed by atoms with van der Waals surface area (Å²) < 4.78 is 66.8. The van der Waals surface area contributed by atoms with E-state index in [1.165, 1.54) is 0 Å². The monoisotopic (exact) mass is 319 g/mol. The van der Waals surface area contributed by atoms with Crippen molar-refractivity contribution in [2.24, 2.45) is 5.41 Å². The Bertz CT molecular complexity index is 460. The Balaban J connectivity index is 2.44. The number of carbonyl (C=O) groups excluding carboxylic acids is 1. The number of hydrogen-bond acceptors (Lipinski definition) is 5. The van der Waals surface area contributed by atoms with Gasteiger partial charge < -0.3 is 10.1 Å². The first-order chi connectivity index (χ1) is 8.93. The molecule has 0 bridgehead atoms. The fourth-order valence-electron chi connectivity index (χ4n) is 1.52. The Morgan fingerprint density at radius 3 is 2.45 bits per heavy atom. The van der Waals surface area contributed by atoms with Crippen molar-refractivity contribution in [2.75, 3.05) is 13.2 Å². The first kappa shape index (κ1) is 17.0. The molecule has 0 aromatic rings. The lowest BCUT2D eigenvalue weighted by Crippen LogP contribution is -2.31. The second kappa shape index (κ2) is 5.76. The summed E-state index contributed by atoms with van der Waals surface area (Å²) >= 11 is 0. The number of ether oxygens (including phenoxy) is 1. The predicted molar refractivity (Wildman–Crippen MR) is 62.2 cm³/mol. The molecular formula is C10H16F3NO5S. The van der Waals surface area contributed by atoms with Crippen LogP contribution in [-0.2, 0) is 19.0 Å². The van der Waals surface area contributed by atoms with Crippen LogP contribution in [0.3, 0.4) is 0 Å². The van der Waals surface area contributed by atoms with Gasteiger partial charge in [-0.2, -0.15) is 21.6 Å². The number of cyclic esters (lactones) is 1. The Hall–Kier alpha value is -1.03. The van der Waals surface area contributed by atoms with Crippen molar-refractivity contribution in [3.63, 3.8) is 0 Å². The van der Waals surface area contributed by atoms with Gasteiger partial charge in [0, 0.05) is 0 Å². The average molecular weight is 319 g/mol. The molecule has 1 atom stereocenters. The molecule has 1 fully saturated rings. The Morgan fingerprint density at radius 2 is 2.00 bits per heavy atom. The third-order valence-corrected chi connectivity index (χ3v) is 3.77. The topological polar surface area (TPSA) is 81.7 Å². The number of amides is 1. The van der Waals surface area contributed by atoms with Crippen molar-refractivity contribution in [1.82, 2.24) is 5.32 Å². The fraction of sp³-hybridized carbons (Fsp3) is 0.900. The van der Waals surface area contributed by atoms with E-state index in [0.29, 0.717) is 19.4 Å². The summed E-state index contributed by atoms with van der Waals surface area (Å²) in [6.07, 6.45) is -0.147. The lowest BCUT2D eigenvalue weighted by molar-refractivity contribution is -0.0564. The summed E-state index contributed by atoms with van der Waals surface area (Å²) in [6, 6.07) is 0. The molecule has 6 nitrogen and oxygen atoms in total. The molecule has 118 valence electrons. The number of nitrogens with one attached hydrogen (secondary N) is 1. The van der Waals surface area contributed by atoms with E-state index in [4.69, 9.17) is 4.74 Å². The molecule has 20 heavy (non-hydrogen) atoms. The molecule has 1 heterocycles. The van der Waals surface area contributed by atoms with E-state index in [9.17, 15) is 26.4 Å². The molecule has 1 unspecified atom stereocenters. The zero-order valence-corrected chi connectivity index (χ0v) is 11.8. The Labute approximate surface area is 114 Å². The quantitative estimate of drug-likeness (QED) is 0.596. The molecule has 1 N–H and O–H groups in total. The van der Waals surface area contributed by atoms with Gasteiger partial charge in [0.25, 0.3) is 0 Å². The lowest BCUT2D eigenvalue weighted by atomic mass is 9.88. The van der Waals surface area contributed by atoms with E-state index in [1.807, 2.05) is 0 Å². The number of carbonyl (C=O) groups is 1. The molecule has 0 aromatic heterocycles. The van der Waals surface area contributed by atoms with E-state index < -0.39 is 33.7 Å². The van der Waals surface area contributed by atoms with Gasteiger partial charge in [-0.3, -0.25) is 4.18 Å². The highest BCUT2D eigenvalue weighted by Crippen LogP contribution is 2.30. The van der Waals surface area contributed by atoms with Crippen LogP contribution < -0.4 is 5.32 Å². The molecule has 10 heteroatoms. The highest BCUT2D eigenvalue weighted by atomic mass is 32.2. The molecule has 1 aliphatic rings. The van der Waals surface area contributed by atoms with E-state index in [2.05, 4.69) is 9.50 Å². The minimum atomic E-state index is -5.57. The highest BCUT2D eigenvalue weighted by Gasteiger charge is 2.48. The number of alkyl halides is 3. The molecule has 0 saturated carbocycles. The maximum absolute atomic E-state index is 12.1. The van der Waals surface area contributed by atoms with Gasteiger partial charge in [0.15, 0.2) is 0 Å². The number of alkyl carbamates (subject to hydrolysis) is 1. The SMILES string of the molecule is CC(C)(CCC1CNC(=O)O1)COS(=O)(=O)C(F)(F)F. The van der Waals surface area contributed by atoms with E-state index in [-0.39, 0.29) is 6.10 Å². The van der Waals surface area contributed by atoms with Gasteiger partial charge in [0.2, 0.25) is 0 Å². The molecule has 0 spiro atoms. The van der Waals surface area contributed by atoms with Crippen LogP contribution in [0, 0.1) is 5.41 Å². The van der Waals surface area contributed by atoms with Gasteiger partial charge in [-0.1, -0.05) is 13.8 Å². The van der Waals surface area contributed by atoms with Gasteiger partial charge in [0.05, 0.1) is 13.2 Å². The van der Waals surface area contributed by atoms with Crippen LogP contribution >= 0.6 is 0 Å². The normalized spacial score (nSPS) is 20.6. The number of rotatable bonds is 6. The van der Waals surface area contributed by atoms with Gasteiger partial charge >= 0.3 is 21.7 Å². The molecule has 1 amide bonds. The van der Waals surface area contributed by atoms with E-state index in [1.54, 1.807) is 13.8 Å². The Kier molecular flexibility index (Phi) is 4.90. The maximum atomic E-state index is 12.1. The Morgan fingerprint density at radius 1 is 1.40 bits per heavy atom. The summed E-state index contributed by atoms with van der Waals surface area (Å²) in [6.45, 7) is 2.88. The van der Waals surface area contributed by atoms with E-state index >= 15 is 0 Å². The largest absolute Gasteiger partial charge is 0.523 e. The van der Waals surface area contributed by atoms with Crippen molar-refractivity contribution in [3.05, 3.63) is 0 Å². The summed E-state index contributed by atoms with van der Waals surface area (Å²) in [5.74, 6) is 0. The van der Waals surface area contributed by atoms with Crippen LogP contribution in [0.2, 0.25) is 0 Å². The molecule has 1 saturated heterocycles. The van der Waals surface area contributed by atoms with Gasteiger partial charge in [-0.25, -0.2) is 4.79 Å². The summed E-state index contributed by atoms with van der Waals surface area (Å²) in [5.41, 5.74) is -6.22. The zero-order valence-electron chi connectivity index (χ0n) is 11.0. The van der Waals surface area contributed by atoms with Crippen molar-refractivity contribution in [3.8, 4) is 0 Å². The summed E-state index contributed by atoms with van der Waals surface area (Å²) in [4.78, 5) is 10.8. The number of hydrogen-bond donors (Lipinski definition) is 1. The molecular weight excluding hydrogens is 303 g/mol. The highest BCUT2D eigenvalue weighted by molar-refractivity contribution is 7.87. The second-order valence-corrected chi connectivity index (χ2v) is 6.88. The summed E-state index contributed by atoms with van der Waals surface area (Å²) in [5, 5.41) is 2.44. The van der Waals surface area contributed by atoms with Gasteiger partial charge in [-0.15, -0.1) is 0 Å². The second-order valence-electron chi connectivity index (χ2n) is 5.27. The smallest absolute Gasteiger partial charge is 0.444 e. The lowest BCUT2D eigenvalue weighted by Gasteiger charge is -2.25. The third kappa shape index (κ3) is 4.82. The zero-order chi connectivity index (χ0) is 15.6. The first-order valence-electron chi connectivity index (χ1n) is 5.83. The predicted octanol–water partition coefficient (Wildman–Crippen LogP) is 1.77. The van der Waals surface area contributed by atoms with Crippen molar-refractivity contribution in [2.45, 2.75) is 38.3 Å². The standard InChI is InChI=1S/C10H16F3NO5S/c1-9(2,4-3-7-5-14-8(15)19-7)6-18-20(16,17)10(11,12)13/h7H,3-6H2,1-2H3,(H,14,15). The molecule has 1 aliphatic heterocycles. The van der Waals surface area contributed by atoms with Crippen molar-refractivity contribution in [1.29, 1.82) is 0 Å². The van der Waals surface area contributed by atoms with Crippen LogP contribution in [0.1, 0.15) is 26.7 Å². The molecule has 0 radical (unpaired) electrons. The van der Waals surface area contributed by atoms with Crippen LogP contribution in [0.4, 0.5) is 18.0 Å². The average Bonchev–Trinajstić information content (AvgIpc) is 2.69. The van der Waals surface area contributed by atoms with Crippen LogP contribution in [0.25, 0.3) is 0 Å². The third-order valence-electron chi connectivity index (χ3n) is 2.78. The molecule has 0 aromatic carbocycles. The van der Waals surface area contributed by atoms with E-state index in [0.717, 1.165) is 0 Å². The minimum absolute atomic E-state index is 0.330. The summed E-state index contributed by atoms with van der Waals surface area (Å²) in [7, 11) is -5.57. The fourth-order valence-corrected chi connectivity index (χ4v) is 2.13. The first-order valence-corrected chi connectivity index (χ1v) is 7.24. The molecule has 0 aliphatic carbocycles. The van der Waals surface area contributed by atoms with Crippen molar-refractivity contribution >= 4 is 16.2 Å². The minimum Gasteiger partial charge on any atom is -0.444 e.